The summed E-state index contributed by atoms with van der Waals surface area (Å²) in [5, 5.41) is 0. The molecule has 4 heteroatoms. The van der Waals surface area contributed by atoms with Crippen molar-refractivity contribution in [1.29, 1.82) is 0 Å². The van der Waals surface area contributed by atoms with Crippen molar-refractivity contribution < 1.29 is 14.2 Å². The summed E-state index contributed by atoms with van der Waals surface area (Å²) in [7, 11) is 5.00. The summed E-state index contributed by atoms with van der Waals surface area (Å²) in [4.78, 5) is 0. The first kappa shape index (κ1) is 19.1. The number of ether oxygens (including phenoxy) is 3. The van der Waals surface area contributed by atoms with Crippen LogP contribution >= 0.6 is 15.9 Å². The van der Waals surface area contributed by atoms with Gasteiger partial charge in [0.2, 0.25) is 0 Å². The fraction of sp³-hybridized carbons (Fsp3) is 0.130. The van der Waals surface area contributed by atoms with Gasteiger partial charge in [0, 0.05) is 10.1 Å². The molecule has 0 bridgehead atoms. The summed E-state index contributed by atoms with van der Waals surface area (Å²) in [5.41, 5.74) is 4.33. The first-order valence-electron chi connectivity index (χ1n) is 8.49. The zero-order valence-electron chi connectivity index (χ0n) is 15.5. The van der Waals surface area contributed by atoms with Gasteiger partial charge in [0.25, 0.3) is 0 Å². The lowest BCUT2D eigenvalue weighted by molar-refractivity contribution is 0.414. The van der Waals surface area contributed by atoms with Crippen LogP contribution in [0.4, 0.5) is 0 Å². The minimum Gasteiger partial charge on any atom is -0.497 e. The highest BCUT2D eigenvalue weighted by molar-refractivity contribution is 9.15. The molecular weight excluding hydrogens is 404 g/mol. The van der Waals surface area contributed by atoms with Crippen LogP contribution in [0.2, 0.25) is 0 Å². The van der Waals surface area contributed by atoms with Crippen LogP contribution in [0.15, 0.2) is 72.8 Å². The van der Waals surface area contributed by atoms with Gasteiger partial charge in [-0.2, -0.15) is 0 Å². The van der Waals surface area contributed by atoms with Crippen molar-refractivity contribution in [2.75, 3.05) is 21.3 Å². The van der Waals surface area contributed by atoms with Crippen LogP contribution in [0, 0.1) is 0 Å². The molecule has 0 spiro atoms. The first-order valence-corrected chi connectivity index (χ1v) is 9.28. The minimum absolute atomic E-state index is 0.827. The number of hydrogen-bond acceptors (Lipinski definition) is 3. The standard InChI is InChI=1S/C23H21BrO3/c1-25-19-10-4-16(5-11-19)22(17-6-12-20(26-2)13-7-17)23(24)18-8-14-21(27-3)15-9-18/h4-15H,1-3H3. The van der Waals surface area contributed by atoms with Gasteiger partial charge in [-0.1, -0.05) is 36.4 Å². The number of halogens is 1. The molecule has 3 nitrogen and oxygen atoms in total. The molecule has 0 unspecified atom stereocenters. The van der Waals surface area contributed by atoms with Gasteiger partial charge in [0.1, 0.15) is 17.2 Å². The van der Waals surface area contributed by atoms with E-state index in [1.54, 1.807) is 21.3 Å². The van der Waals surface area contributed by atoms with E-state index in [0.29, 0.717) is 0 Å². The van der Waals surface area contributed by atoms with Crippen LogP contribution in [-0.4, -0.2) is 21.3 Å². The molecule has 0 aliphatic rings. The van der Waals surface area contributed by atoms with Crippen molar-refractivity contribution in [1.82, 2.24) is 0 Å². The largest absolute Gasteiger partial charge is 0.497 e. The fourth-order valence-electron chi connectivity index (χ4n) is 2.82. The minimum atomic E-state index is 0.827. The maximum absolute atomic E-state index is 5.30. The molecule has 0 atom stereocenters. The zero-order chi connectivity index (χ0) is 19.2. The van der Waals surface area contributed by atoms with Gasteiger partial charge in [-0.3, -0.25) is 0 Å². The van der Waals surface area contributed by atoms with E-state index in [-0.39, 0.29) is 0 Å². The monoisotopic (exact) mass is 424 g/mol. The van der Waals surface area contributed by atoms with Gasteiger partial charge in [0.15, 0.2) is 0 Å². The number of benzene rings is 3. The Hall–Kier alpha value is -2.72. The van der Waals surface area contributed by atoms with Crippen molar-refractivity contribution in [3.63, 3.8) is 0 Å². The van der Waals surface area contributed by atoms with Crippen LogP contribution < -0.4 is 14.2 Å². The van der Waals surface area contributed by atoms with Crippen LogP contribution in [-0.2, 0) is 0 Å². The highest BCUT2D eigenvalue weighted by Crippen LogP contribution is 2.37. The van der Waals surface area contributed by atoms with Gasteiger partial charge >= 0.3 is 0 Å². The van der Waals surface area contributed by atoms with Crippen LogP contribution in [0.25, 0.3) is 10.1 Å². The summed E-state index contributed by atoms with van der Waals surface area (Å²) in [6, 6.07) is 24.1. The Balaban J connectivity index is 2.14. The molecule has 138 valence electrons. The van der Waals surface area contributed by atoms with E-state index < -0.39 is 0 Å². The highest BCUT2D eigenvalue weighted by atomic mass is 79.9. The summed E-state index contributed by atoms with van der Waals surface area (Å²) in [6.45, 7) is 0. The highest BCUT2D eigenvalue weighted by Gasteiger charge is 2.13. The van der Waals surface area contributed by atoms with Gasteiger partial charge in [-0.15, -0.1) is 0 Å². The second kappa shape index (κ2) is 8.78. The smallest absolute Gasteiger partial charge is 0.118 e. The molecule has 0 N–H and O–H groups in total. The van der Waals surface area contributed by atoms with Crippen molar-refractivity contribution >= 4 is 26.0 Å². The van der Waals surface area contributed by atoms with E-state index in [9.17, 15) is 0 Å². The Morgan fingerprint density at radius 2 is 0.815 bits per heavy atom. The molecule has 0 heterocycles. The summed E-state index contributed by atoms with van der Waals surface area (Å²) >= 11 is 3.82. The topological polar surface area (TPSA) is 27.7 Å². The average Bonchev–Trinajstić information content (AvgIpc) is 2.75. The third-order valence-corrected chi connectivity index (χ3v) is 5.17. The Morgan fingerprint density at radius 1 is 0.519 bits per heavy atom. The Bertz CT molecular complexity index is 862. The molecule has 0 aliphatic heterocycles. The van der Waals surface area contributed by atoms with Crippen LogP contribution in [0.5, 0.6) is 17.2 Å². The molecule has 3 rings (SSSR count). The van der Waals surface area contributed by atoms with Gasteiger partial charge in [-0.05, 0) is 69.0 Å². The van der Waals surface area contributed by atoms with Gasteiger partial charge < -0.3 is 14.2 Å². The molecule has 3 aromatic rings. The Labute approximate surface area is 168 Å². The predicted octanol–water partition coefficient (Wildman–Crippen LogP) is 6.02. The average molecular weight is 425 g/mol. The van der Waals surface area contributed by atoms with Crippen molar-refractivity contribution in [2.45, 2.75) is 0 Å². The summed E-state index contributed by atoms with van der Waals surface area (Å²) < 4.78 is 16.9. The molecule has 0 amide bonds. The molecule has 0 saturated heterocycles. The molecule has 27 heavy (non-hydrogen) atoms. The third-order valence-electron chi connectivity index (χ3n) is 4.32. The van der Waals surface area contributed by atoms with E-state index in [1.165, 1.54) is 0 Å². The van der Waals surface area contributed by atoms with E-state index in [4.69, 9.17) is 14.2 Å². The van der Waals surface area contributed by atoms with Crippen molar-refractivity contribution in [3.05, 3.63) is 89.5 Å². The van der Waals surface area contributed by atoms with Crippen LogP contribution in [0.1, 0.15) is 16.7 Å². The Kier molecular flexibility index (Phi) is 6.20. The van der Waals surface area contributed by atoms with Gasteiger partial charge in [0.05, 0.1) is 21.3 Å². The lowest BCUT2D eigenvalue weighted by Gasteiger charge is -2.14. The van der Waals surface area contributed by atoms with Crippen molar-refractivity contribution in [3.8, 4) is 17.2 Å². The maximum Gasteiger partial charge on any atom is 0.118 e. The van der Waals surface area contributed by atoms with Gasteiger partial charge in [-0.25, -0.2) is 0 Å². The molecular formula is C23H21BrO3. The molecule has 0 saturated carbocycles. The molecule has 0 aliphatic carbocycles. The first-order chi connectivity index (χ1) is 13.2. The van der Waals surface area contributed by atoms with E-state index in [0.717, 1.165) is 44.0 Å². The molecule has 0 radical (unpaired) electrons. The summed E-state index contributed by atoms with van der Waals surface area (Å²) in [5.74, 6) is 2.48. The molecule has 0 fully saturated rings. The lowest BCUT2D eigenvalue weighted by atomic mass is 9.95. The number of rotatable bonds is 6. The second-order valence-corrected chi connectivity index (χ2v) is 6.67. The van der Waals surface area contributed by atoms with Crippen LogP contribution in [0.3, 0.4) is 0 Å². The normalized spacial score (nSPS) is 10.2. The SMILES string of the molecule is COc1ccc(C(Br)=C(c2ccc(OC)cc2)c2ccc(OC)cc2)cc1. The van der Waals surface area contributed by atoms with Crippen molar-refractivity contribution in [2.24, 2.45) is 0 Å². The molecule has 3 aromatic carbocycles. The third kappa shape index (κ3) is 4.34. The quantitative estimate of drug-likeness (QED) is 0.452. The predicted molar refractivity (Wildman–Crippen MR) is 114 cm³/mol. The lowest BCUT2D eigenvalue weighted by Crippen LogP contribution is -1.93. The summed E-state index contributed by atoms with van der Waals surface area (Å²) in [6.07, 6.45) is 0. The Morgan fingerprint density at radius 3 is 1.11 bits per heavy atom. The molecule has 0 aromatic heterocycles. The number of hydrogen-bond donors (Lipinski definition) is 0. The fourth-order valence-corrected chi connectivity index (χ4v) is 3.54. The second-order valence-electron chi connectivity index (χ2n) is 5.87. The maximum atomic E-state index is 5.30. The zero-order valence-corrected chi connectivity index (χ0v) is 17.1. The van der Waals surface area contributed by atoms with E-state index >= 15 is 0 Å². The van der Waals surface area contributed by atoms with E-state index in [2.05, 4.69) is 40.2 Å². The van der Waals surface area contributed by atoms with E-state index in [1.807, 2.05) is 48.5 Å². The number of methoxy groups -OCH3 is 3.